The van der Waals surface area contributed by atoms with Gasteiger partial charge in [0, 0.05) is 0 Å². The Kier molecular flexibility index (Phi) is 4.71. The molecule has 1 N–H and O–H groups in total. The van der Waals surface area contributed by atoms with E-state index in [-0.39, 0.29) is 6.29 Å². The molecule has 0 heterocycles. The Morgan fingerprint density at radius 1 is 1.19 bits per heavy atom. The Hall–Kier alpha value is -1.98. The second kappa shape index (κ2) is 5.79. The number of halogens is 2. The molecule has 0 aliphatic heterocycles. The predicted molar refractivity (Wildman–Crippen MR) is 73.9 cm³/mol. The van der Waals surface area contributed by atoms with Gasteiger partial charge in [-0.25, -0.2) is 13.6 Å². The monoisotopic (exact) mass is 299 g/mol. The summed E-state index contributed by atoms with van der Waals surface area (Å²) in [7, 11) is 0. The molecule has 0 bridgehead atoms. The summed E-state index contributed by atoms with van der Waals surface area (Å²) >= 11 is 0. The number of hydrogen-bond acceptors (Lipinski definition) is 3. The number of carbonyl (C=O) groups is 2. The van der Waals surface area contributed by atoms with E-state index in [2.05, 4.69) is 5.32 Å². The van der Waals surface area contributed by atoms with Gasteiger partial charge < -0.3 is 14.8 Å². The highest BCUT2D eigenvalue weighted by Gasteiger charge is 2.35. The van der Waals surface area contributed by atoms with Gasteiger partial charge in [-0.05, 0) is 52.3 Å². The van der Waals surface area contributed by atoms with Crippen molar-refractivity contribution in [2.45, 2.75) is 45.8 Å². The molecular weight excluding hydrogens is 280 g/mol. The van der Waals surface area contributed by atoms with Gasteiger partial charge in [-0.1, -0.05) is 0 Å². The quantitative estimate of drug-likeness (QED) is 0.872. The molecular formula is C15H19F2NO3. The van der Waals surface area contributed by atoms with Crippen LogP contribution in [0.5, 0.6) is 0 Å². The Morgan fingerprint density at radius 3 is 2.05 bits per heavy atom. The van der Waals surface area contributed by atoms with Gasteiger partial charge in [0.25, 0.3) is 0 Å². The van der Waals surface area contributed by atoms with Gasteiger partial charge >= 0.3 is 6.09 Å². The zero-order valence-electron chi connectivity index (χ0n) is 12.7. The van der Waals surface area contributed by atoms with Gasteiger partial charge in [0.1, 0.15) is 29.1 Å². The van der Waals surface area contributed by atoms with Crippen LogP contribution in [0.2, 0.25) is 0 Å². The van der Waals surface area contributed by atoms with E-state index in [0.29, 0.717) is 5.56 Å². The van der Waals surface area contributed by atoms with Crippen molar-refractivity contribution >= 4 is 12.4 Å². The van der Waals surface area contributed by atoms with Gasteiger partial charge in [0.15, 0.2) is 0 Å². The molecule has 0 fully saturated rings. The molecule has 1 unspecified atom stereocenters. The highest BCUT2D eigenvalue weighted by atomic mass is 19.1. The van der Waals surface area contributed by atoms with Crippen molar-refractivity contribution in [3.8, 4) is 0 Å². The summed E-state index contributed by atoms with van der Waals surface area (Å²) in [4.78, 5) is 23.1. The lowest BCUT2D eigenvalue weighted by Gasteiger charge is -2.28. The molecule has 1 aromatic rings. The van der Waals surface area contributed by atoms with E-state index in [1.807, 2.05) is 0 Å². The zero-order chi connectivity index (χ0) is 16.4. The smallest absolute Gasteiger partial charge is 0.408 e. The first kappa shape index (κ1) is 17.1. The SMILES string of the molecule is Cc1cc(F)c(C(C)(C=O)NC(=O)OC(C)(C)C)c(F)c1. The van der Waals surface area contributed by atoms with E-state index < -0.39 is 34.4 Å². The first-order valence-electron chi connectivity index (χ1n) is 6.42. The number of benzene rings is 1. The van der Waals surface area contributed by atoms with E-state index in [1.165, 1.54) is 13.8 Å². The Morgan fingerprint density at radius 2 is 1.67 bits per heavy atom. The third-order valence-electron chi connectivity index (χ3n) is 2.70. The number of alkyl carbamates (subject to hydrolysis) is 1. The molecule has 0 radical (unpaired) electrons. The lowest BCUT2D eigenvalue weighted by Crippen LogP contribution is -2.48. The number of carbonyl (C=O) groups excluding carboxylic acids is 2. The highest BCUT2D eigenvalue weighted by molar-refractivity contribution is 5.78. The van der Waals surface area contributed by atoms with Crippen LogP contribution in [0.1, 0.15) is 38.8 Å². The van der Waals surface area contributed by atoms with Crippen molar-refractivity contribution in [1.29, 1.82) is 0 Å². The summed E-state index contributed by atoms with van der Waals surface area (Å²) < 4.78 is 33.0. The molecule has 0 aliphatic carbocycles. The van der Waals surface area contributed by atoms with Crippen LogP contribution in [0, 0.1) is 18.6 Å². The molecule has 21 heavy (non-hydrogen) atoms. The van der Waals surface area contributed by atoms with E-state index in [1.54, 1.807) is 20.8 Å². The van der Waals surface area contributed by atoms with Crippen molar-refractivity contribution < 1.29 is 23.1 Å². The first-order valence-corrected chi connectivity index (χ1v) is 6.42. The molecule has 1 atom stereocenters. The van der Waals surface area contributed by atoms with Crippen molar-refractivity contribution in [1.82, 2.24) is 5.32 Å². The van der Waals surface area contributed by atoms with Gasteiger partial charge in [-0.2, -0.15) is 0 Å². The summed E-state index contributed by atoms with van der Waals surface area (Å²) in [6.45, 7) is 7.64. The maximum atomic E-state index is 14.0. The largest absolute Gasteiger partial charge is 0.444 e. The lowest BCUT2D eigenvalue weighted by atomic mass is 9.91. The van der Waals surface area contributed by atoms with Gasteiger partial charge in [0.2, 0.25) is 0 Å². The number of nitrogens with one attached hydrogen (secondary N) is 1. The van der Waals surface area contributed by atoms with Crippen molar-refractivity contribution in [2.24, 2.45) is 0 Å². The Bertz CT molecular complexity index is 544. The Balaban J connectivity index is 3.17. The third-order valence-corrected chi connectivity index (χ3v) is 2.70. The molecule has 6 heteroatoms. The molecule has 0 aromatic heterocycles. The maximum Gasteiger partial charge on any atom is 0.408 e. The molecule has 0 spiro atoms. The summed E-state index contributed by atoms with van der Waals surface area (Å²) in [5, 5.41) is 2.21. The number of aldehydes is 1. The standard InChI is InChI=1S/C15H19F2NO3/c1-9-6-10(16)12(11(17)7-9)15(5,8-19)18-13(20)21-14(2,3)4/h6-8H,1-5H3,(H,18,20). The summed E-state index contributed by atoms with van der Waals surface area (Å²) in [5.41, 5.74) is -2.80. The summed E-state index contributed by atoms with van der Waals surface area (Å²) in [5.74, 6) is -1.81. The molecule has 1 aromatic carbocycles. The molecule has 116 valence electrons. The average molecular weight is 299 g/mol. The third kappa shape index (κ3) is 4.24. The molecule has 4 nitrogen and oxygen atoms in total. The van der Waals surface area contributed by atoms with Crippen LogP contribution in [0.3, 0.4) is 0 Å². The molecule has 0 saturated carbocycles. The summed E-state index contributed by atoms with van der Waals surface area (Å²) in [6.07, 6.45) is -0.662. The van der Waals surface area contributed by atoms with Crippen LogP contribution in [0.4, 0.5) is 13.6 Å². The predicted octanol–water partition coefficient (Wildman–Crippen LogP) is 3.21. The average Bonchev–Trinajstić information content (AvgIpc) is 2.24. The zero-order valence-corrected chi connectivity index (χ0v) is 12.7. The van der Waals surface area contributed by atoms with Gasteiger partial charge in [0.05, 0.1) is 5.56 Å². The number of amides is 1. The minimum Gasteiger partial charge on any atom is -0.444 e. The van der Waals surface area contributed by atoms with Gasteiger partial charge in [-0.15, -0.1) is 0 Å². The van der Waals surface area contributed by atoms with Crippen LogP contribution in [0.15, 0.2) is 12.1 Å². The fourth-order valence-corrected chi connectivity index (χ4v) is 1.86. The fraction of sp³-hybridized carbons (Fsp3) is 0.467. The minimum atomic E-state index is -1.86. The van der Waals surface area contributed by atoms with E-state index in [0.717, 1.165) is 12.1 Å². The van der Waals surface area contributed by atoms with Crippen molar-refractivity contribution in [2.75, 3.05) is 0 Å². The topological polar surface area (TPSA) is 55.4 Å². The normalized spacial score (nSPS) is 14.2. The molecule has 1 amide bonds. The lowest BCUT2D eigenvalue weighted by molar-refractivity contribution is -0.113. The molecule has 0 aliphatic rings. The Labute approximate surface area is 122 Å². The number of rotatable bonds is 3. The summed E-state index contributed by atoms with van der Waals surface area (Å²) in [6, 6.07) is 2.19. The maximum absolute atomic E-state index is 14.0. The van der Waals surface area contributed by atoms with Crippen LogP contribution in [-0.4, -0.2) is 18.0 Å². The number of hydrogen-bond donors (Lipinski definition) is 1. The second-order valence-electron chi connectivity index (χ2n) is 6.05. The highest BCUT2D eigenvalue weighted by Crippen LogP contribution is 2.26. The van der Waals surface area contributed by atoms with Crippen LogP contribution >= 0.6 is 0 Å². The first-order chi connectivity index (χ1) is 9.48. The van der Waals surface area contributed by atoms with E-state index in [9.17, 15) is 18.4 Å². The van der Waals surface area contributed by atoms with Crippen LogP contribution in [-0.2, 0) is 15.1 Å². The number of ether oxygens (including phenoxy) is 1. The molecule has 0 saturated heterocycles. The van der Waals surface area contributed by atoms with Gasteiger partial charge in [-0.3, -0.25) is 0 Å². The fourth-order valence-electron chi connectivity index (χ4n) is 1.86. The van der Waals surface area contributed by atoms with E-state index >= 15 is 0 Å². The molecule has 1 rings (SSSR count). The van der Waals surface area contributed by atoms with Crippen LogP contribution < -0.4 is 5.32 Å². The van der Waals surface area contributed by atoms with E-state index in [4.69, 9.17) is 4.74 Å². The minimum absolute atomic E-state index is 0.272. The van der Waals surface area contributed by atoms with Crippen molar-refractivity contribution in [3.63, 3.8) is 0 Å². The van der Waals surface area contributed by atoms with Crippen LogP contribution in [0.25, 0.3) is 0 Å². The van der Waals surface area contributed by atoms with Crippen molar-refractivity contribution in [3.05, 3.63) is 34.9 Å². The number of aryl methyl sites for hydroxylation is 1. The second-order valence-corrected chi connectivity index (χ2v) is 6.05.